The summed E-state index contributed by atoms with van der Waals surface area (Å²) < 4.78 is 12.5. The molecule has 98 valence electrons. The fourth-order valence-electron chi connectivity index (χ4n) is 1.45. The van der Waals surface area contributed by atoms with Gasteiger partial charge < -0.3 is 14.8 Å². The Balaban J connectivity index is 0.000000169. The Morgan fingerprint density at radius 1 is 1.39 bits per heavy atom. The van der Waals surface area contributed by atoms with Gasteiger partial charge in [-0.25, -0.2) is 9.50 Å². The fraction of sp³-hybridized carbons (Fsp3) is 0.455. The van der Waals surface area contributed by atoms with Crippen molar-refractivity contribution in [3.8, 4) is 5.88 Å². The highest BCUT2D eigenvalue weighted by Crippen LogP contribution is 2.13. The Morgan fingerprint density at radius 2 is 2.17 bits per heavy atom. The first kappa shape index (κ1) is 13.3. The highest BCUT2D eigenvalue weighted by molar-refractivity contribution is 9.10. The number of hydrogen-bond donors (Lipinski definition) is 1. The standard InChI is InChI=1S/C7H6BrN3O.C4H9NO/c1-12-7-3-2-6-9-4-5(8)11(6)10-7;1-3-6-4-2-5-1/h2-4H,1H3;5H,1-4H2. The summed E-state index contributed by atoms with van der Waals surface area (Å²) in [6, 6.07) is 3.62. The lowest BCUT2D eigenvalue weighted by Crippen LogP contribution is -2.30. The van der Waals surface area contributed by atoms with Gasteiger partial charge in [-0.3, -0.25) is 0 Å². The summed E-state index contributed by atoms with van der Waals surface area (Å²) in [6.45, 7) is 3.83. The minimum absolute atomic E-state index is 0.571. The maximum Gasteiger partial charge on any atom is 0.231 e. The lowest BCUT2D eigenvalue weighted by atomic mass is 10.5. The number of imidazole rings is 1. The third kappa shape index (κ3) is 3.41. The van der Waals surface area contributed by atoms with Crippen molar-refractivity contribution in [2.45, 2.75) is 0 Å². The first-order valence-corrected chi connectivity index (χ1v) is 6.43. The van der Waals surface area contributed by atoms with Crippen molar-refractivity contribution in [1.29, 1.82) is 0 Å². The van der Waals surface area contributed by atoms with E-state index in [2.05, 4.69) is 31.3 Å². The predicted molar refractivity (Wildman–Crippen MR) is 70.9 cm³/mol. The summed E-state index contributed by atoms with van der Waals surface area (Å²) in [7, 11) is 1.58. The Labute approximate surface area is 113 Å². The molecule has 1 fully saturated rings. The molecule has 6 nitrogen and oxygen atoms in total. The first-order valence-electron chi connectivity index (χ1n) is 5.64. The Kier molecular flexibility index (Phi) is 4.91. The van der Waals surface area contributed by atoms with Crippen LogP contribution in [0.3, 0.4) is 0 Å². The number of ether oxygens (including phenoxy) is 2. The minimum Gasteiger partial charge on any atom is -0.480 e. The van der Waals surface area contributed by atoms with Crippen LogP contribution in [-0.4, -0.2) is 48.0 Å². The summed E-state index contributed by atoms with van der Waals surface area (Å²) in [5, 5.41) is 7.30. The second kappa shape index (κ2) is 6.67. The van der Waals surface area contributed by atoms with Crippen molar-refractivity contribution in [2.24, 2.45) is 0 Å². The number of aromatic nitrogens is 3. The summed E-state index contributed by atoms with van der Waals surface area (Å²) in [6.07, 6.45) is 1.70. The third-order valence-electron chi connectivity index (χ3n) is 2.35. The van der Waals surface area contributed by atoms with Gasteiger partial charge >= 0.3 is 0 Å². The van der Waals surface area contributed by atoms with Crippen molar-refractivity contribution in [2.75, 3.05) is 33.4 Å². The number of hydrogen-bond acceptors (Lipinski definition) is 5. The third-order valence-corrected chi connectivity index (χ3v) is 2.89. The molecule has 0 aromatic carbocycles. The van der Waals surface area contributed by atoms with Gasteiger partial charge in [-0.15, -0.1) is 5.10 Å². The number of morpholine rings is 1. The van der Waals surface area contributed by atoms with Gasteiger partial charge in [-0.1, -0.05) is 0 Å². The molecule has 0 amide bonds. The first-order chi connectivity index (χ1) is 8.81. The van der Waals surface area contributed by atoms with Gasteiger partial charge in [0.15, 0.2) is 5.65 Å². The van der Waals surface area contributed by atoms with E-state index in [0.29, 0.717) is 5.88 Å². The Bertz CT molecular complexity index is 487. The van der Waals surface area contributed by atoms with E-state index in [-0.39, 0.29) is 0 Å². The molecule has 0 unspecified atom stereocenters. The molecule has 2 aromatic heterocycles. The van der Waals surface area contributed by atoms with Gasteiger partial charge in [0.2, 0.25) is 5.88 Å². The molecule has 1 saturated heterocycles. The number of methoxy groups -OCH3 is 1. The molecule has 0 radical (unpaired) electrons. The molecule has 0 atom stereocenters. The number of nitrogens with one attached hydrogen (secondary N) is 1. The van der Waals surface area contributed by atoms with Gasteiger partial charge in [0.25, 0.3) is 0 Å². The average molecular weight is 315 g/mol. The van der Waals surface area contributed by atoms with Gasteiger partial charge in [0.05, 0.1) is 26.5 Å². The Morgan fingerprint density at radius 3 is 2.72 bits per heavy atom. The second-order valence-electron chi connectivity index (χ2n) is 3.59. The van der Waals surface area contributed by atoms with Gasteiger partial charge in [0, 0.05) is 19.2 Å². The largest absolute Gasteiger partial charge is 0.480 e. The Hall–Kier alpha value is -1.18. The van der Waals surface area contributed by atoms with Crippen molar-refractivity contribution >= 4 is 21.6 Å². The van der Waals surface area contributed by atoms with E-state index in [0.717, 1.165) is 36.6 Å². The summed E-state index contributed by atoms with van der Waals surface area (Å²) in [4.78, 5) is 4.09. The van der Waals surface area contributed by atoms with E-state index < -0.39 is 0 Å². The topological polar surface area (TPSA) is 60.7 Å². The highest BCUT2D eigenvalue weighted by atomic mass is 79.9. The number of nitrogens with zero attached hydrogens (tertiary/aromatic N) is 3. The van der Waals surface area contributed by atoms with Crippen molar-refractivity contribution in [3.63, 3.8) is 0 Å². The van der Waals surface area contributed by atoms with Crippen LogP contribution < -0.4 is 10.1 Å². The van der Waals surface area contributed by atoms with E-state index in [4.69, 9.17) is 9.47 Å². The maximum atomic E-state index is 5.01. The SMILES string of the molecule is C1COCCN1.COc1ccc2ncc(Br)n2n1. The molecule has 7 heteroatoms. The highest BCUT2D eigenvalue weighted by Gasteiger charge is 2.01. The number of halogens is 1. The van der Waals surface area contributed by atoms with Crippen molar-refractivity contribution in [1.82, 2.24) is 19.9 Å². The zero-order valence-corrected chi connectivity index (χ0v) is 11.7. The van der Waals surface area contributed by atoms with Gasteiger partial charge in [-0.05, 0) is 22.0 Å². The van der Waals surface area contributed by atoms with Crippen LogP contribution in [0.15, 0.2) is 22.9 Å². The lowest BCUT2D eigenvalue weighted by molar-refractivity contribution is 0.109. The quantitative estimate of drug-likeness (QED) is 0.854. The molecule has 18 heavy (non-hydrogen) atoms. The van der Waals surface area contributed by atoms with Crippen LogP contribution in [-0.2, 0) is 4.74 Å². The van der Waals surface area contributed by atoms with Crippen molar-refractivity contribution in [3.05, 3.63) is 22.9 Å². The van der Waals surface area contributed by atoms with Crippen LogP contribution in [0.25, 0.3) is 5.65 Å². The molecule has 3 rings (SSSR count). The van der Waals surface area contributed by atoms with Crippen LogP contribution in [0, 0.1) is 0 Å². The molecule has 2 aromatic rings. The van der Waals surface area contributed by atoms with Crippen LogP contribution in [0.4, 0.5) is 0 Å². The van der Waals surface area contributed by atoms with E-state index >= 15 is 0 Å². The minimum atomic E-state index is 0.571. The second-order valence-corrected chi connectivity index (χ2v) is 4.40. The van der Waals surface area contributed by atoms with E-state index in [1.807, 2.05) is 6.07 Å². The zero-order chi connectivity index (χ0) is 12.8. The molecule has 1 aliphatic heterocycles. The lowest BCUT2D eigenvalue weighted by Gasteiger charge is -2.10. The molecule has 1 N–H and O–H groups in total. The van der Waals surface area contributed by atoms with Crippen LogP contribution in [0.2, 0.25) is 0 Å². The molecular formula is C11H15BrN4O2. The van der Waals surface area contributed by atoms with E-state index in [1.165, 1.54) is 0 Å². The molecule has 0 aliphatic carbocycles. The average Bonchev–Trinajstić information content (AvgIpc) is 2.82. The number of rotatable bonds is 1. The molecule has 0 bridgehead atoms. The van der Waals surface area contributed by atoms with Gasteiger partial charge in [0.1, 0.15) is 4.60 Å². The van der Waals surface area contributed by atoms with Crippen LogP contribution in [0.1, 0.15) is 0 Å². The normalized spacial score (nSPS) is 15.0. The summed E-state index contributed by atoms with van der Waals surface area (Å²) >= 11 is 3.31. The molecule has 3 heterocycles. The molecule has 0 saturated carbocycles. The van der Waals surface area contributed by atoms with E-state index in [9.17, 15) is 0 Å². The molecular weight excluding hydrogens is 300 g/mol. The monoisotopic (exact) mass is 314 g/mol. The summed E-state index contributed by atoms with van der Waals surface area (Å²) in [5.41, 5.74) is 0.794. The van der Waals surface area contributed by atoms with Crippen LogP contribution in [0.5, 0.6) is 5.88 Å². The van der Waals surface area contributed by atoms with Gasteiger partial charge in [-0.2, -0.15) is 0 Å². The smallest absolute Gasteiger partial charge is 0.231 e. The van der Waals surface area contributed by atoms with E-state index in [1.54, 1.807) is 23.9 Å². The fourth-order valence-corrected chi connectivity index (χ4v) is 1.82. The predicted octanol–water partition coefficient (Wildman–Crippen LogP) is 1.11. The summed E-state index contributed by atoms with van der Waals surface area (Å²) in [5.74, 6) is 0.571. The van der Waals surface area contributed by atoms with Crippen molar-refractivity contribution < 1.29 is 9.47 Å². The molecule has 1 aliphatic rings. The number of fused-ring (bicyclic) bond motifs is 1. The van der Waals surface area contributed by atoms with Crippen LogP contribution >= 0.6 is 15.9 Å². The maximum absolute atomic E-state index is 5.01. The molecule has 0 spiro atoms. The zero-order valence-electron chi connectivity index (χ0n) is 10.1.